The van der Waals surface area contributed by atoms with Gasteiger partial charge in [-0.05, 0) is 47.9 Å². The van der Waals surface area contributed by atoms with Gasteiger partial charge in [0.2, 0.25) is 0 Å². The number of hydrogen-bond donors (Lipinski definition) is 1. The molecule has 0 radical (unpaired) electrons. The van der Waals surface area contributed by atoms with Crippen LogP contribution in [0.5, 0.6) is 5.75 Å². The Bertz CT molecular complexity index is 1210. The van der Waals surface area contributed by atoms with Crippen LogP contribution in [0.15, 0.2) is 94.8 Å². The first kappa shape index (κ1) is 25.0. The van der Waals surface area contributed by atoms with Gasteiger partial charge in [0.15, 0.2) is 11.5 Å². The number of furan rings is 1. The number of carbonyl (C=O) groups excluding carboxylic acids is 2. The molecule has 1 amide bonds. The maximum atomic E-state index is 13.3. The Labute approximate surface area is 211 Å². The van der Waals surface area contributed by atoms with Gasteiger partial charge in [0.1, 0.15) is 11.5 Å². The molecule has 0 fully saturated rings. The number of unbranched alkanes of at least 4 members (excludes halogenated alkanes) is 3. The lowest BCUT2D eigenvalue weighted by Gasteiger charge is -2.26. The van der Waals surface area contributed by atoms with E-state index in [0.717, 1.165) is 24.2 Å². The summed E-state index contributed by atoms with van der Waals surface area (Å²) in [5, 5.41) is 10.8. The minimum Gasteiger partial charge on any atom is -0.503 e. The van der Waals surface area contributed by atoms with Crippen LogP contribution in [0.25, 0.3) is 6.08 Å². The standard InChI is InChI=1S/C30H31NO5/c1-2-3-4-8-19-35-24-16-14-23(15-17-24)28-27(26(32)18-13-22-10-6-5-7-11-22)29(33)30(34)31(28)21-25-12-9-20-36-25/h5-7,9-18,20,28,33H,2-4,8,19,21H2,1H3/b18-13+. The minimum absolute atomic E-state index is 0.0481. The molecule has 6 nitrogen and oxygen atoms in total. The van der Waals surface area contributed by atoms with Crippen molar-refractivity contribution in [2.45, 2.75) is 45.2 Å². The number of allylic oxidation sites excluding steroid dienone is 1. The lowest BCUT2D eigenvalue weighted by Crippen LogP contribution is -2.30. The largest absolute Gasteiger partial charge is 0.503 e. The lowest BCUT2D eigenvalue weighted by molar-refractivity contribution is -0.130. The zero-order chi connectivity index (χ0) is 25.3. The summed E-state index contributed by atoms with van der Waals surface area (Å²) in [5.74, 6) is -0.286. The van der Waals surface area contributed by atoms with Gasteiger partial charge in [-0.2, -0.15) is 0 Å². The highest BCUT2D eigenvalue weighted by molar-refractivity contribution is 6.14. The molecule has 0 spiro atoms. The fourth-order valence-corrected chi connectivity index (χ4v) is 4.28. The first-order valence-electron chi connectivity index (χ1n) is 12.3. The van der Waals surface area contributed by atoms with Crippen molar-refractivity contribution < 1.29 is 23.8 Å². The van der Waals surface area contributed by atoms with Crippen LogP contribution < -0.4 is 4.74 Å². The van der Waals surface area contributed by atoms with Gasteiger partial charge in [-0.1, -0.05) is 74.7 Å². The van der Waals surface area contributed by atoms with Gasteiger partial charge < -0.3 is 19.2 Å². The molecule has 0 bridgehead atoms. The van der Waals surface area contributed by atoms with Crippen LogP contribution in [0.2, 0.25) is 0 Å². The summed E-state index contributed by atoms with van der Waals surface area (Å²) in [6, 6.07) is 19.5. The topological polar surface area (TPSA) is 80.0 Å². The van der Waals surface area contributed by atoms with Gasteiger partial charge in [0, 0.05) is 0 Å². The van der Waals surface area contributed by atoms with Crippen LogP contribution in [0.3, 0.4) is 0 Å². The number of ketones is 1. The Morgan fingerprint density at radius 1 is 1.03 bits per heavy atom. The Balaban J connectivity index is 1.59. The van der Waals surface area contributed by atoms with Gasteiger partial charge in [0.05, 0.1) is 31.0 Å². The second kappa shape index (κ2) is 12.1. The molecule has 186 valence electrons. The van der Waals surface area contributed by atoms with E-state index in [1.165, 1.54) is 30.1 Å². The van der Waals surface area contributed by atoms with Crippen LogP contribution in [0.4, 0.5) is 0 Å². The molecule has 1 N–H and O–H groups in total. The normalized spacial score (nSPS) is 15.8. The van der Waals surface area contributed by atoms with Crippen molar-refractivity contribution in [3.63, 3.8) is 0 Å². The van der Waals surface area contributed by atoms with E-state index in [1.54, 1.807) is 18.2 Å². The van der Waals surface area contributed by atoms with E-state index in [9.17, 15) is 14.7 Å². The minimum atomic E-state index is -0.755. The van der Waals surface area contributed by atoms with E-state index in [2.05, 4.69) is 6.92 Å². The van der Waals surface area contributed by atoms with Crippen molar-refractivity contribution in [3.8, 4) is 5.75 Å². The first-order chi connectivity index (χ1) is 17.6. The second-order valence-corrected chi connectivity index (χ2v) is 8.76. The fraction of sp³-hybridized carbons (Fsp3) is 0.267. The van der Waals surface area contributed by atoms with E-state index >= 15 is 0 Å². The Hall–Kier alpha value is -4.06. The number of aliphatic hydroxyl groups excluding tert-OH is 1. The summed E-state index contributed by atoms with van der Waals surface area (Å²) >= 11 is 0. The average Bonchev–Trinajstić information content (AvgIpc) is 3.51. The summed E-state index contributed by atoms with van der Waals surface area (Å²) in [6.45, 7) is 2.93. The molecular formula is C30H31NO5. The number of ether oxygens (including phenoxy) is 1. The second-order valence-electron chi connectivity index (χ2n) is 8.76. The average molecular weight is 486 g/mol. The summed E-state index contributed by atoms with van der Waals surface area (Å²) < 4.78 is 11.3. The van der Waals surface area contributed by atoms with Crippen molar-refractivity contribution in [3.05, 3.63) is 107 Å². The number of benzene rings is 2. The molecule has 2 heterocycles. The van der Waals surface area contributed by atoms with Crippen LogP contribution in [-0.4, -0.2) is 28.3 Å². The van der Waals surface area contributed by atoms with Crippen molar-refractivity contribution in [2.75, 3.05) is 6.61 Å². The summed E-state index contributed by atoms with van der Waals surface area (Å²) in [6.07, 6.45) is 9.08. The molecule has 1 unspecified atom stereocenters. The molecule has 0 saturated carbocycles. The van der Waals surface area contributed by atoms with Crippen molar-refractivity contribution in [2.24, 2.45) is 0 Å². The quantitative estimate of drug-likeness (QED) is 0.237. The number of amides is 1. The zero-order valence-corrected chi connectivity index (χ0v) is 20.4. The first-order valence-corrected chi connectivity index (χ1v) is 12.3. The highest BCUT2D eigenvalue weighted by atomic mass is 16.5. The molecule has 1 aliphatic rings. The van der Waals surface area contributed by atoms with Crippen molar-refractivity contribution in [1.29, 1.82) is 0 Å². The van der Waals surface area contributed by atoms with E-state index < -0.39 is 23.5 Å². The summed E-state index contributed by atoms with van der Waals surface area (Å²) in [4.78, 5) is 27.8. The highest BCUT2D eigenvalue weighted by Crippen LogP contribution is 2.39. The summed E-state index contributed by atoms with van der Waals surface area (Å²) in [7, 11) is 0. The Morgan fingerprint density at radius 2 is 1.81 bits per heavy atom. The van der Waals surface area contributed by atoms with Crippen LogP contribution >= 0.6 is 0 Å². The van der Waals surface area contributed by atoms with Gasteiger partial charge >= 0.3 is 0 Å². The molecular weight excluding hydrogens is 454 g/mol. The molecule has 1 aliphatic heterocycles. The maximum Gasteiger partial charge on any atom is 0.290 e. The van der Waals surface area contributed by atoms with Crippen LogP contribution in [0.1, 0.15) is 55.5 Å². The molecule has 0 aliphatic carbocycles. The molecule has 1 aromatic heterocycles. The molecule has 1 atom stereocenters. The third-order valence-electron chi connectivity index (χ3n) is 6.16. The van der Waals surface area contributed by atoms with Gasteiger partial charge in [0.25, 0.3) is 5.91 Å². The number of carbonyl (C=O) groups is 2. The van der Waals surface area contributed by atoms with Gasteiger partial charge in [-0.25, -0.2) is 0 Å². The van der Waals surface area contributed by atoms with Crippen LogP contribution in [-0.2, 0) is 16.1 Å². The predicted molar refractivity (Wildman–Crippen MR) is 138 cm³/mol. The number of rotatable bonds is 12. The Kier molecular flexibility index (Phi) is 8.40. The van der Waals surface area contributed by atoms with Crippen LogP contribution in [0, 0.1) is 0 Å². The molecule has 3 aromatic rings. The van der Waals surface area contributed by atoms with E-state index in [4.69, 9.17) is 9.15 Å². The van der Waals surface area contributed by atoms with E-state index in [-0.39, 0.29) is 12.1 Å². The lowest BCUT2D eigenvalue weighted by atomic mass is 9.95. The molecule has 6 heteroatoms. The van der Waals surface area contributed by atoms with Crippen molar-refractivity contribution in [1.82, 2.24) is 4.90 Å². The molecule has 2 aromatic carbocycles. The van der Waals surface area contributed by atoms with Gasteiger partial charge in [-0.3, -0.25) is 9.59 Å². The number of nitrogens with zero attached hydrogens (tertiary/aromatic N) is 1. The fourth-order valence-electron chi connectivity index (χ4n) is 4.28. The number of hydrogen-bond acceptors (Lipinski definition) is 5. The third-order valence-corrected chi connectivity index (χ3v) is 6.16. The summed E-state index contributed by atoms with van der Waals surface area (Å²) in [5.41, 5.74) is 1.60. The van der Waals surface area contributed by atoms with E-state index in [1.807, 2.05) is 54.6 Å². The molecule has 36 heavy (non-hydrogen) atoms. The molecule has 4 rings (SSSR count). The third kappa shape index (κ3) is 5.95. The highest BCUT2D eigenvalue weighted by Gasteiger charge is 2.43. The monoisotopic (exact) mass is 485 g/mol. The smallest absolute Gasteiger partial charge is 0.290 e. The van der Waals surface area contributed by atoms with E-state index in [0.29, 0.717) is 17.9 Å². The van der Waals surface area contributed by atoms with Gasteiger partial charge in [-0.15, -0.1) is 0 Å². The Morgan fingerprint density at radius 3 is 2.50 bits per heavy atom. The van der Waals surface area contributed by atoms with Crippen molar-refractivity contribution >= 4 is 17.8 Å². The SMILES string of the molecule is CCCCCCOc1ccc(C2C(C(=O)/C=C/c3ccccc3)=C(O)C(=O)N2Cc2ccco2)cc1. The predicted octanol–water partition coefficient (Wildman–Crippen LogP) is 6.42. The molecule has 0 saturated heterocycles. The number of aliphatic hydroxyl groups is 1. The maximum absolute atomic E-state index is 13.3. The zero-order valence-electron chi connectivity index (χ0n) is 20.4.